The van der Waals surface area contributed by atoms with E-state index in [4.69, 9.17) is 0 Å². The maximum absolute atomic E-state index is 4.63. The summed E-state index contributed by atoms with van der Waals surface area (Å²) in [7, 11) is 0. The Balaban J connectivity index is 0.000000113. The summed E-state index contributed by atoms with van der Waals surface area (Å²) in [6, 6.07) is 50.6. The second-order valence-electron chi connectivity index (χ2n) is 9.60. The van der Waals surface area contributed by atoms with Gasteiger partial charge < -0.3 is 12.4 Å². The molecule has 0 fully saturated rings. The first-order chi connectivity index (χ1) is 20.8. The zero-order chi connectivity index (χ0) is 28.1. The molecule has 0 atom stereocenters. The van der Waals surface area contributed by atoms with E-state index in [1.807, 2.05) is 0 Å². The van der Waals surface area contributed by atoms with Gasteiger partial charge in [0.15, 0.2) is 0 Å². The molecule has 6 aromatic rings. The molecule has 0 amide bonds. The third-order valence-electron chi connectivity index (χ3n) is 6.74. The Labute approximate surface area is 274 Å². The van der Waals surface area contributed by atoms with Crippen molar-refractivity contribution in [1.82, 2.24) is 0 Å². The molecule has 0 aliphatic carbocycles. The van der Waals surface area contributed by atoms with Crippen LogP contribution in [0.25, 0.3) is 0 Å². The Morgan fingerprint density at radius 3 is 0.884 bits per heavy atom. The summed E-state index contributed by atoms with van der Waals surface area (Å²) in [4.78, 5) is 13.9. The summed E-state index contributed by atoms with van der Waals surface area (Å²) >= 11 is 0.400. The average molecular weight is 759 g/mol. The molecule has 3 heterocycles. The number of halogens is 1. The van der Waals surface area contributed by atoms with Crippen molar-refractivity contribution in [1.29, 1.82) is 0 Å². The Morgan fingerprint density at radius 1 is 0.302 bits per heavy atom. The van der Waals surface area contributed by atoms with Crippen LogP contribution in [0, 0.1) is 11.8 Å². The van der Waals surface area contributed by atoms with Gasteiger partial charge in [-0.3, -0.25) is 0 Å². The van der Waals surface area contributed by atoms with Crippen molar-refractivity contribution in [3.8, 4) is 0 Å². The first-order valence-electron chi connectivity index (χ1n) is 13.6. The summed E-state index contributed by atoms with van der Waals surface area (Å²) < 4.78 is 8.51. The third kappa shape index (κ3) is 6.93. The Kier molecular flexibility index (Phi) is 9.67. The molecule has 0 saturated heterocycles. The summed E-state index contributed by atoms with van der Waals surface area (Å²) in [5.41, 5.74) is 3.48. The van der Waals surface area contributed by atoms with Crippen molar-refractivity contribution in [3.63, 3.8) is 0 Å². The van der Waals surface area contributed by atoms with Crippen LogP contribution in [0.2, 0.25) is 0 Å². The predicted molar refractivity (Wildman–Crippen MR) is 174 cm³/mol. The zero-order valence-electron chi connectivity index (χ0n) is 22.9. The molecule has 0 bridgehead atoms. The van der Waals surface area contributed by atoms with E-state index in [1.54, 1.807) is 0 Å². The van der Waals surface area contributed by atoms with E-state index in [0.29, 0.717) is 0 Å². The van der Waals surface area contributed by atoms with Crippen LogP contribution in [-0.2, 0) is 0 Å². The number of rotatable bonds is 0. The number of nitrogens with zero attached hydrogens (tertiary/aromatic N) is 3. The van der Waals surface area contributed by atoms with Gasteiger partial charge in [-0.2, -0.15) is 0 Å². The van der Waals surface area contributed by atoms with Crippen LogP contribution in [0.5, 0.6) is 0 Å². The van der Waals surface area contributed by atoms with Gasteiger partial charge in [-0.05, 0) is 0 Å². The van der Waals surface area contributed by atoms with Crippen molar-refractivity contribution in [3.05, 3.63) is 174 Å². The summed E-state index contributed by atoms with van der Waals surface area (Å²) in [6.45, 7) is 0. The van der Waals surface area contributed by atoms with Gasteiger partial charge in [-0.1, -0.05) is 0 Å². The molecule has 43 heavy (non-hydrogen) atoms. The van der Waals surface area contributed by atoms with Crippen molar-refractivity contribution in [2.45, 2.75) is 0 Å². The van der Waals surface area contributed by atoms with Gasteiger partial charge in [0.2, 0.25) is 0 Å². The number of hydrogen-bond acceptors (Lipinski definition) is 3. The Morgan fingerprint density at radius 2 is 0.558 bits per heavy atom. The Bertz CT molecular complexity index is 1910. The first-order valence-corrected chi connectivity index (χ1v) is 19.3. The third-order valence-corrected chi connectivity index (χ3v) is 14.5. The van der Waals surface area contributed by atoms with E-state index in [9.17, 15) is 0 Å². The average Bonchev–Trinajstić information content (AvgIpc) is 3.06. The van der Waals surface area contributed by atoms with Gasteiger partial charge in [0.05, 0.1) is 0 Å². The van der Waals surface area contributed by atoms with E-state index in [1.165, 1.54) is 24.9 Å². The monoisotopic (exact) mass is 758 g/mol. The maximum atomic E-state index is 4.63. The molecule has 0 radical (unpaired) electrons. The minimum absolute atomic E-state index is 0. The molecule has 3 aliphatic heterocycles. The standard InChI is InChI=1S/3C12H8AsN.ClH/c3*1-3-7-11-9(5-1)13-10-6-2-4-8-12(10)14-11;/h3*1-8H;1H/p-1. The molecular formula is C36H24As3ClN3-. The molecule has 7 heteroatoms. The second-order valence-corrected chi connectivity index (χ2v) is 17.1. The fraction of sp³-hybridized carbons (Fsp3) is 0. The van der Waals surface area contributed by atoms with Gasteiger partial charge in [-0.15, -0.1) is 0 Å². The molecule has 0 spiro atoms. The summed E-state index contributed by atoms with van der Waals surface area (Å²) in [6.07, 6.45) is 0. The minimum atomic E-state index is 0. The van der Waals surface area contributed by atoms with Crippen LogP contribution in [0.1, 0.15) is 0 Å². The van der Waals surface area contributed by atoms with Crippen LogP contribution in [-0.4, -0.2) is 45.9 Å². The van der Waals surface area contributed by atoms with E-state index < -0.39 is 0 Å². The molecule has 3 aliphatic rings. The van der Waals surface area contributed by atoms with E-state index in [0.717, 1.165) is 33.1 Å². The second kappa shape index (κ2) is 14.0. The van der Waals surface area contributed by atoms with Gasteiger partial charge in [0.25, 0.3) is 0 Å². The molecule has 0 aromatic heterocycles. The summed E-state index contributed by atoms with van der Waals surface area (Å²) in [5, 5.41) is 3.48. The SMILES string of the molecule is [Cl-].c1ccc2c(c1)N=c1ccccc1=[As]2.c1ccc2c(c1)N=c1ccccc1=[As]2.c1ccc2c(c1)N=c1ccccc1=[As]2. The first kappa shape index (κ1) is 29.7. The van der Waals surface area contributed by atoms with E-state index >= 15 is 0 Å². The fourth-order valence-corrected chi connectivity index (χ4v) is 11.4. The molecule has 0 saturated carbocycles. The normalized spacial score (nSPS) is 12.8. The van der Waals surface area contributed by atoms with Crippen LogP contribution in [0.15, 0.2) is 161 Å². The molecule has 0 unspecified atom stereocenters. The topological polar surface area (TPSA) is 37.1 Å². The van der Waals surface area contributed by atoms with Crippen molar-refractivity contribution < 1.29 is 12.4 Å². The fourth-order valence-electron chi connectivity index (χ4n) is 4.70. The quantitative estimate of drug-likeness (QED) is 0.205. The summed E-state index contributed by atoms with van der Waals surface area (Å²) in [5.74, 6) is 0. The predicted octanol–water partition coefficient (Wildman–Crippen LogP) is 0.700. The van der Waals surface area contributed by atoms with Gasteiger partial charge >= 0.3 is 265 Å². The number of hydrogen-bond donors (Lipinski definition) is 0. The van der Waals surface area contributed by atoms with Crippen LogP contribution >= 0.6 is 0 Å². The van der Waals surface area contributed by atoms with Gasteiger partial charge in [-0.25, -0.2) is 0 Å². The number of para-hydroxylation sites is 6. The molecule has 3 nitrogen and oxygen atoms in total. The molecule has 0 N–H and O–H groups in total. The van der Waals surface area contributed by atoms with Crippen LogP contribution in [0.3, 0.4) is 0 Å². The van der Waals surface area contributed by atoms with Gasteiger partial charge in [0, 0.05) is 0 Å². The number of benzene rings is 6. The van der Waals surface area contributed by atoms with Crippen molar-refractivity contribution >= 4 is 76.0 Å². The van der Waals surface area contributed by atoms with E-state index in [-0.39, 0.29) is 58.3 Å². The van der Waals surface area contributed by atoms with Gasteiger partial charge in [0.1, 0.15) is 0 Å². The Hall–Kier alpha value is -3.31. The molecular weight excluding hydrogens is 735 g/mol. The number of fused-ring (bicyclic) bond motifs is 6. The zero-order valence-corrected chi connectivity index (χ0v) is 29.3. The molecule has 9 rings (SSSR count). The van der Waals surface area contributed by atoms with E-state index in [2.05, 4.69) is 161 Å². The van der Waals surface area contributed by atoms with Crippen molar-refractivity contribution in [2.24, 2.45) is 15.0 Å². The van der Waals surface area contributed by atoms with Crippen LogP contribution in [0.4, 0.5) is 17.1 Å². The molecule has 6 aromatic carbocycles. The van der Waals surface area contributed by atoms with Crippen molar-refractivity contribution in [2.75, 3.05) is 0 Å². The van der Waals surface area contributed by atoms with Crippen LogP contribution < -0.4 is 41.5 Å². The molecule has 206 valence electrons.